The van der Waals surface area contributed by atoms with E-state index in [1.807, 2.05) is 32.0 Å². The minimum absolute atomic E-state index is 0.00782. The van der Waals surface area contributed by atoms with Gasteiger partial charge < -0.3 is 15.4 Å². The highest BCUT2D eigenvalue weighted by molar-refractivity contribution is 5.92. The van der Waals surface area contributed by atoms with Crippen LogP contribution in [0.1, 0.15) is 39.7 Å². The fourth-order valence-corrected chi connectivity index (χ4v) is 1.77. The third-order valence-electron chi connectivity index (χ3n) is 2.72. The molecule has 0 aliphatic rings. The van der Waals surface area contributed by atoms with Crippen molar-refractivity contribution >= 4 is 11.6 Å². The molecule has 0 aliphatic carbocycles. The zero-order valence-corrected chi connectivity index (χ0v) is 13.2. The number of carbonyl (C=O) groups is 1. The first-order valence-electron chi connectivity index (χ1n) is 7.10. The van der Waals surface area contributed by atoms with Crippen molar-refractivity contribution < 1.29 is 9.53 Å². The largest absolute Gasteiger partial charge is 0.492 e. The standard InChI is InChI=1S/C16H26N2O2/c1-6-20-14-11-12(2)7-8-13(14)18-15(19)9-10-17-16(3,4)5/h7-8,11,17H,6,9-10H2,1-5H3,(H,18,19). The molecule has 0 fully saturated rings. The number of carbonyl (C=O) groups excluding carboxylic acids is 1. The monoisotopic (exact) mass is 278 g/mol. The van der Waals surface area contributed by atoms with Gasteiger partial charge in [-0.15, -0.1) is 0 Å². The van der Waals surface area contributed by atoms with E-state index in [0.29, 0.717) is 19.6 Å². The summed E-state index contributed by atoms with van der Waals surface area (Å²) in [5, 5.41) is 6.20. The Morgan fingerprint density at radius 1 is 1.30 bits per heavy atom. The molecular weight excluding hydrogens is 252 g/mol. The average Bonchev–Trinajstić information content (AvgIpc) is 2.31. The van der Waals surface area contributed by atoms with E-state index in [-0.39, 0.29) is 11.4 Å². The summed E-state index contributed by atoms with van der Waals surface area (Å²) in [6.45, 7) is 11.4. The van der Waals surface area contributed by atoms with Gasteiger partial charge in [-0.25, -0.2) is 0 Å². The maximum atomic E-state index is 11.9. The first kappa shape index (κ1) is 16.5. The summed E-state index contributed by atoms with van der Waals surface area (Å²) in [7, 11) is 0. The Morgan fingerprint density at radius 2 is 2.00 bits per heavy atom. The van der Waals surface area contributed by atoms with Crippen LogP contribution in [0.25, 0.3) is 0 Å². The summed E-state index contributed by atoms with van der Waals surface area (Å²) >= 11 is 0. The molecule has 4 nitrogen and oxygen atoms in total. The van der Waals surface area contributed by atoms with Gasteiger partial charge in [0.2, 0.25) is 5.91 Å². The van der Waals surface area contributed by atoms with Crippen LogP contribution < -0.4 is 15.4 Å². The number of rotatable bonds is 6. The van der Waals surface area contributed by atoms with Crippen LogP contribution in [0.3, 0.4) is 0 Å². The van der Waals surface area contributed by atoms with Gasteiger partial charge in [0.05, 0.1) is 12.3 Å². The van der Waals surface area contributed by atoms with Gasteiger partial charge in [-0.3, -0.25) is 4.79 Å². The lowest BCUT2D eigenvalue weighted by atomic mass is 10.1. The molecule has 0 aromatic heterocycles. The molecule has 1 rings (SSSR count). The van der Waals surface area contributed by atoms with Crippen molar-refractivity contribution in [2.75, 3.05) is 18.5 Å². The Kier molecular flexibility index (Phi) is 6.02. The second kappa shape index (κ2) is 7.29. The highest BCUT2D eigenvalue weighted by Gasteiger charge is 2.11. The first-order valence-corrected chi connectivity index (χ1v) is 7.10. The van der Waals surface area contributed by atoms with Crippen LogP contribution in [0.5, 0.6) is 5.75 Å². The smallest absolute Gasteiger partial charge is 0.225 e. The van der Waals surface area contributed by atoms with Crippen LogP contribution in [0.15, 0.2) is 18.2 Å². The van der Waals surface area contributed by atoms with Crippen LogP contribution >= 0.6 is 0 Å². The van der Waals surface area contributed by atoms with E-state index in [2.05, 4.69) is 31.4 Å². The predicted molar refractivity (Wildman–Crippen MR) is 83.4 cm³/mol. The van der Waals surface area contributed by atoms with Crippen LogP contribution in [-0.4, -0.2) is 24.6 Å². The Labute approximate surface area is 121 Å². The van der Waals surface area contributed by atoms with Crippen molar-refractivity contribution in [3.8, 4) is 5.75 Å². The number of benzene rings is 1. The van der Waals surface area contributed by atoms with Crippen LogP contribution in [0.4, 0.5) is 5.69 Å². The van der Waals surface area contributed by atoms with Gasteiger partial charge in [0.1, 0.15) is 5.75 Å². The fraction of sp³-hybridized carbons (Fsp3) is 0.562. The molecule has 0 unspecified atom stereocenters. The van der Waals surface area contributed by atoms with Crippen molar-refractivity contribution in [3.63, 3.8) is 0 Å². The molecule has 2 N–H and O–H groups in total. The van der Waals surface area contributed by atoms with Crippen molar-refractivity contribution in [1.82, 2.24) is 5.32 Å². The highest BCUT2D eigenvalue weighted by atomic mass is 16.5. The van der Waals surface area contributed by atoms with Crippen LogP contribution in [0.2, 0.25) is 0 Å². The van der Waals surface area contributed by atoms with Gasteiger partial charge in [-0.05, 0) is 52.3 Å². The topological polar surface area (TPSA) is 50.4 Å². The first-order chi connectivity index (χ1) is 9.31. The summed E-state index contributed by atoms with van der Waals surface area (Å²) in [4.78, 5) is 11.9. The predicted octanol–water partition coefficient (Wildman–Crippen LogP) is 3.11. The van der Waals surface area contributed by atoms with Crippen molar-refractivity contribution in [1.29, 1.82) is 0 Å². The lowest BCUT2D eigenvalue weighted by Gasteiger charge is -2.20. The molecule has 0 bridgehead atoms. The molecule has 0 saturated heterocycles. The van der Waals surface area contributed by atoms with E-state index < -0.39 is 0 Å². The number of aryl methyl sites for hydroxylation is 1. The minimum atomic E-state index is -0.00782. The summed E-state index contributed by atoms with van der Waals surface area (Å²) < 4.78 is 5.55. The zero-order chi connectivity index (χ0) is 15.2. The molecule has 0 aliphatic heterocycles. The molecule has 0 radical (unpaired) electrons. The lowest BCUT2D eigenvalue weighted by Crippen LogP contribution is -2.37. The molecule has 1 amide bonds. The number of amides is 1. The minimum Gasteiger partial charge on any atom is -0.492 e. The number of anilines is 1. The number of ether oxygens (including phenoxy) is 1. The van der Waals surface area contributed by atoms with E-state index in [9.17, 15) is 4.79 Å². The van der Waals surface area contributed by atoms with Gasteiger partial charge in [0, 0.05) is 18.5 Å². The molecule has 0 saturated carbocycles. The molecule has 0 heterocycles. The Hall–Kier alpha value is -1.55. The molecular formula is C16H26N2O2. The second-order valence-corrected chi connectivity index (χ2v) is 5.91. The number of nitrogens with one attached hydrogen (secondary N) is 2. The van der Waals surface area contributed by atoms with Gasteiger partial charge in [-0.1, -0.05) is 6.07 Å². The van der Waals surface area contributed by atoms with Crippen LogP contribution in [-0.2, 0) is 4.79 Å². The Bertz CT molecular complexity index is 450. The Balaban J connectivity index is 2.57. The third-order valence-corrected chi connectivity index (χ3v) is 2.72. The fourth-order valence-electron chi connectivity index (χ4n) is 1.77. The molecule has 0 atom stereocenters. The van der Waals surface area contributed by atoms with Crippen molar-refractivity contribution in [3.05, 3.63) is 23.8 Å². The quantitative estimate of drug-likeness (QED) is 0.840. The molecule has 0 spiro atoms. The maximum absolute atomic E-state index is 11.9. The van der Waals surface area contributed by atoms with Gasteiger partial charge in [0.25, 0.3) is 0 Å². The highest BCUT2D eigenvalue weighted by Crippen LogP contribution is 2.25. The molecule has 1 aromatic carbocycles. The van der Waals surface area contributed by atoms with E-state index in [1.165, 1.54) is 0 Å². The zero-order valence-electron chi connectivity index (χ0n) is 13.2. The average molecular weight is 278 g/mol. The molecule has 4 heteroatoms. The summed E-state index contributed by atoms with van der Waals surface area (Å²) in [6.07, 6.45) is 0.441. The second-order valence-electron chi connectivity index (χ2n) is 5.91. The van der Waals surface area contributed by atoms with E-state index in [1.54, 1.807) is 0 Å². The van der Waals surface area contributed by atoms with Crippen molar-refractivity contribution in [2.24, 2.45) is 0 Å². The van der Waals surface area contributed by atoms with Gasteiger partial charge in [0.15, 0.2) is 0 Å². The normalized spacial score (nSPS) is 11.2. The van der Waals surface area contributed by atoms with Gasteiger partial charge in [-0.2, -0.15) is 0 Å². The third kappa shape index (κ3) is 6.06. The van der Waals surface area contributed by atoms with Crippen molar-refractivity contribution in [2.45, 2.75) is 46.6 Å². The van der Waals surface area contributed by atoms with E-state index in [4.69, 9.17) is 4.74 Å². The SMILES string of the molecule is CCOc1cc(C)ccc1NC(=O)CCNC(C)(C)C. The number of hydrogen-bond donors (Lipinski definition) is 2. The summed E-state index contributed by atoms with van der Waals surface area (Å²) in [5.41, 5.74) is 1.87. The molecule has 112 valence electrons. The molecule has 1 aromatic rings. The number of hydrogen-bond acceptors (Lipinski definition) is 3. The van der Waals surface area contributed by atoms with Crippen LogP contribution in [0, 0.1) is 6.92 Å². The summed E-state index contributed by atoms with van der Waals surface area (Å²) in [6, 6.07) is 5.79. The lowest BCUT2D eigenvalue weighted by molar-refractivity contribution is -0.116. The summed E-state index contributed by atoms with van der Waals surface area (Å²) in [5.74, 6) is 0.719. The molecule has 20 heavy (non-hydrogen) atoms. The van der Waals surface area contributed by atoms with E-state index in [0.717, 1.165) is 17.0 Å². The Morgan fingerprint density at radius 3 is 2.60 bits per heavy atom. The van der Waals surface area contributed by atoms with E-state index >= 15 is 0 Å². The van der Waals surface area contributed by atoms with Gasteiger partial charge >= 0.3 is 0 Å². The maximum Gasteiger partial charge on any atom is 0.225 e.